The van der Waals surface area contributed by atoms with Crippen molar-refractivity contribution in [2.24, 2.45) is 0 Å². The van der Waals surface area contributed by atoms with Gasteiger partial charge in [0.2, 0.25) is 0 Å². The van der Waals surface area contributed by atoms with Crippen LogP contribution in [0.3, 0.4) is 0 Å². The van der Waals surface area contributed by atoms with Crippen molar-refractivity contribution in [3.8, 4) is 5.69 Å². The molecule has 258 valence electrons. The van der Waals surface area contributed by atoms with Gasteiger partial charge in [-0.25, -0.2) is 9.97 Å². The molecule has 10 rings (SSSR count). The summed E-state index contributed by atoms with van der Waals surface area (Å²) in [6, 6.07) is 43.3. The topological polar surface area (TPSA) is 42.8 Å². The predicted octanol–water partition coefficient (Wildman–Crippen LogP) is 11.8. The van der Waals surface area contributed by atoms with Crippen molar-refractivity contribution >= 4 is 72.0 Å². The SMILES string of the molecule is Cc1cc2ccccc2c2nc(N(c3ccc(-n4c5ccccc5c5ccccc54)cc3)c3nc4c5ccccc5cc(C(F)(F)F)n4c3C)c(C)n12. The van der Waals surface area contributed by atoms with Gasteiger partial charge in [-0.2, -0.15) is 13.2 Å². The minimum atomic E-state index is -4.62. The third-order valence-corrected chi connectivity index (χ3v) is 10.5. The van der Waals surface area contributed by atoms with Gasteiger partial charge in [0.25, 0.3) is 0 Å². The molecule has 0 aliphatic rings. The number of hydrogen-bond acceptors (Lipinski definition) is 3. The van der Waals surface area contributed by atoms with E-state index in [1.54, 1.807) is 19.1 Å². The highest BCUT2D eigenvalue weighted by molar-refractivity contribution is 6.09. The summed E-state index contributed by atoms with van der Waals surface area (Å²) in [7, 11) is 0. The van der Waals surface area contributed by atoms with Gasteiger partial charge in [-0.3, -0.25) is 13.7 Å². The average molecular weight is 701 g/mol. The molecule has 0 saturated carbocycles. The lowest BCUT2D eigenvalue weighted by Crippen LogP contribution is -2.15. The van der Waals surface area contributed by atoms with Gasteiger partial charge in [0.05, 0.1) is 22.4 Å². The Balaban J connectivity index is 1.26. The molecule has 9 heteroatoms. The van der Waals surface area contributed by atoms with Gasteiger partial charge < -0.3 is 4.57 Å². The van der Waals surface area contributed by atoms with Crippen molar-refractivity contribution in [2.45, 2.75) is 26.9 Å². The lowest BCUT2D eigenvalue weighted by Gasteiger charge is -2.23. The molecule has 0 amide bonds. The Morgan fingerprint density at radius 3 is 1.57 bits per heavy atom. The van der Waals surface area contributed by atoms with E-state index in [4.69, 9.17) is 9.97 Å². The smallest absolute Gasteiger partial charge is 0.309 e. The van der Waals surface area contributed by atoms with Gasteiger partial charge in [0.1, 0.15) is 17.0 Å². The summed E-state index contributed by atoms with van der Waals surface area (Å²) >= 11 is 0. The number of para-hydroxylation sites is 2. The molecule has 0 fully saturated rings. The fourth-order valence-electron chi connectivity index (χ4n) is 8.15. The van der Waals surface area contributed by atoms with Crippen LogP contribution in [0.5, 0.6) is 0 Å². The molecule has 0 aliphatic heterocycles. The third kappa shape index (κ3) is 4.53. The van der Waals surface area contributed by atoms with Crippen LogP contribution in [0.2, 0.25) is 0 Å². The molecule has 5 heterocycles. The van der Waals surface area contributed by atoms with Crippen LogP contribution < -0.4 is 4.90 Å². The second-order valence-electron chi connectivity index (χ2n) is 13.6. The maximum atomic E-state index is 14.8. The summed E-state index contributed by atoms with van der Waals surface area (Å²) in [5.74, 6) is 0.948. The molecule has 0 atom stereocenters. The number of aromatic nitrogens is 5. The zero-order valence-corrected chi connectivity index (χ0v) is 29.0. The van der Waals surface area contributed by atoms with E-state index in [1.165, 1.54) is 10.5 Å². The number of aryl methyl sites for hydroxylation is 3. The van der Waals surface area contributed by atoms with Crippen molar-refractivity contribution < 1.29 is 13.2 Å². The highest BCUT2D eigenvalue weighted by atomic mass is 19.4. The van der Waals surface area contributed by atoms with Crippen molar-refractivity contribution in [3.63, 3.8) is 0 Å². The maximum Gasteiger partial charge on any atom is 0.431 e. The van der Waals surface area contributed by atoms with Gasteiger partial charge >= 0.3 is 6.18 Å². The quantitative estimate of drug-likeness (QED) is 0.184. The van der Waals surface area contributed by atoms with E-state index in [1.807, 2.05) is 85.5 Å². The summed E-state index contributed by atoms with van der Waals surface area (Å²) in [5.41, 5.74) is 6.24. The summed E-state index contributed by atoms with van der Waals surface area (Å²) < 4.78 is 50.0. The van der Waals surface area contributed by atoms with Gasteiger partial charge in [0.15, 0.2) is 11.6 Å². The molecule has 0 N–H and O–H groups in total. The Kier molecular flexibility index (Phi) is 6.58. The van der Waals surface area contributed by atoms with Crippen LogP contribution in [0, 0.1) is 20.8 Å². The zero-order chi connectivity index (χ0) is 36.2. The van der Waals surface area contributed by atoms with Gasteiger partial charge in [-0.1, -0.05) is 84.9 Å². The van der Waals surface area contributed by atoms with E-state index >= 15 is 0 Å². The highest BCUT2D eigenvalue weighted by Gasteiger charge is 2.36. The number of anilines is 3. The molecule has 0 spiro atoms. The first-order valence-electron chi connectivity index (χ1n) is 17.4. The molecule has 0 radical (unpaired) electrons. The minimum Gasteiger partial charge on any atom is -0.309 e. The van der Waals surface area contributed by atoms with Crippen LogP contribution in [0.1, 0.15) is 22.8 Å². The van der Waals surface area contributed by atoms with Gasteiger partial charge in [-0.05, 0) is 80.1 Å². The number of benzene rings is 5. The Morgan fingerprint density at radius 2 is 1.00 bits per heavy atom. The number of alkyl halides is 3. The Bertz CT molecular complexity index is 3040. The number of hydrogen-bond donors (Lipinski definition) is 0. The van der Waals surface area contributed by atoms with E-state index in [0.29, 0.717) is 33.8 Å². The molecule has 5 aromatic heterocycles. The van der Waals surface area contributed by atoms with Crippen LogP contribution in [0.15, 0.2) is 133 Å². The van der Waals surface area contributed by atoms with E-state index in [9.17, 15) is 13.2 Å². The standard InChI is InChI=1S/C44H31F3N6/c1-26-24-29-12-4-6-14-33(29)42-48-40(27(2)50(26)42)53(41-28(3)51-39(44(45,46)47)25-30-13-5-7-15-34(30)43(51)49-41)32-22-20-31(21-23-32)52-37-18-10-8-16-35(37)36-17-9-11-19-38(36)52/h4-25H,1-3H3. The fourth-order valence-corrected chi connectivity index (χ4v) is 8.15. The number of rotatable bonds is 4. The van der Waals surface area contributed by atoms with E-state index < -0.39 is 11.9 Å². The Morgan fingerprint density at radius 1 is 0.528 bits per heavy atom. The largest absolute Gasteiger partial charge is 0.431 e. The molecule has 0 bridgehead atoms. The number of nitrogens with zero attached hydrogens (tertiary/aromatic N) is 6. The number of halogens is 3. The second-order valence-corrected chi connectivity index (χ2v) is 13.6. The molecule has 5 aromatic carbocycles. The molecule has 0 saturated heterocycles. The van der Waals surface area contributed by atoms with Crippen LogP contribution in [-0.2, 0) is 6.18 Å². The Hall–Kier alpha value is -6.61. The molecule has 10 aromatic rings. The predicted molar refractivity (Wildman–Crippen MR) is 207 cm³/mol. The third-order valence-electron chi connectivity index (χ3n) is 10.5. The number of pyridine rings is 2. The second kappa shape index (κ2) is 11.2. The first-order valence-corrected chi connectivity index (χ1v) is 17.4. The van der Waals surface area contributed by atoms with E-state index in [0.717, 1.165) is 55.3 Å². The number of imidazole rings is 2. The monoisotopic (exact) mass is 700 g/mol. The van der Waals surface area contributed by atoms with Gasteiger partial charge in [0, 0.05) is 38.6 Å². The van der Waals surface area contributed by atoms with E-state index in [2.05, 4.69) is 57.5 Å². The highest BCUT2D eigenvalue weighted by Crippen LogP contribution is 2.43. The first-order chi connectivity index (χ1) is 25.7. The normalized spacial score (nSPS) is 12.3. The summed E-state index contributed by atoms with van der Waals surface area (Å²) in [5, 5.41) is 5.45. The first kappa shape index (κ1) is 31.2. The zero-order valence-electron chi connectivity index (χ0n) is 29.0. The summed E-state index contributed by atoms with van der Waals surface area (Å²) in [4.78, 5) is 12.2. The van der Waals surface area contributed by atoms with Gasteiger partial charge in [-0.15, -0.1) is 0 Å². The Labute approximate surface area is 301 Å². The van der Waals surface area contributed by atoms with Crippen LogP contribution in [0.25, 0.3) is 60.3 Å². The summed E-state index contributed by atoms with van der Waals surface area (Å²) in [6.45, 7) is 5.74. The molecule has 6 nitrogen and oxygen atoms in total. The lowest BCUT2D eigenvalue weighted by molar-refractivity contribution is -0.142. The fraction of sp³-hybridized carbons (Fsp3) is 0.0909. The maximum absolute atomic E-state index is 14.8. The average Bonchev–Trinajstić information content (AvgIpc) is 3.81. The van der Waals surface area contributed by atoms with Crippen molar-refractivity contribution in [3.05, 3.63) is 156 Å². The van der Waals surface area contributed by atoms with Crippen molar-refractivity contribution in [2.75, 3.05) is 4.90 Å². The molecular formula is C44H31F3N6. The van der Waals surface area contributed by atoms with Crippen molar-refractivity contribution in [1.29, 1.82) is 0 Å². The van der Waals surface area contributed by atoms with Crippen LogP contribution in [0.4, 0.5) is 30.5 Å². The molecule has 0 aliphatic carbocycles. The van der Waals surface area contributed by atoms with Crippen LogP contribution >= 0.6 is 0 Å². The molecule has 53 heavy (non-hydrogen) atoms. The molecule has 0 unspecified atom stereocenters. The lowest BCUT2D eigenvalue weighted by atomic mass is 10.1. The summed E-state index contributed by atoms with van der Waals surface area (Å²) in [6.07, 6.45) is -4.62. The number of fused-ring (bicyclic) bond motifs is 9. The van der Waals surface area contributed by atoms with Crippen molar-refractivity contribution in [1.82, 2.24) is 23.3 Å². The van der Waals surface area contributed by atoms with Crippen LogP contribution in [-0.4, -0.2) is 23.3 Å². The minimum absolute atomic E-state index is 0.234. The van der Waals surface area contributed by atoms with E-state index in [-0.39, 0.29) is 5.65 Å². The molecular weight excluding hydrogens is 670 g/mol.